The van der Waals surface area contributed by atoms with Crippen molar-refractivity contribution in [2.75, 3.05) is 7.05 Å². The number of hydrogen-bond donors (Lipinski definition) is 1. The highest BCUT2D eigenvalue weighted by molar-refractivity contribution is 5.88. The number of nitrogens with zero attached hydrogens (tertiary/aromatic N) is 1. The molecule has 0 radical (unpaired) electrons. The largest absolute Gasteiger partial charge is 0.478 e. The number of amides is 1. The first kappa shape index (κ1) is 17.7. The molecule has 4 nitrogen and oxygen atoms in total. The lowest BCUT2D eigenvalue weighted by Crippen LogP contribution is -2.37. The van der Waals surface area contributed by atoms with Crippen LogP contribution in [0.1, 0.15) is 34.0 Å². The van der Waals surface area contributed by atoms with Crippen molar-refractivity contribution >= 4 is 11.9 Å². The van der Waals surface area contributed by atoms with Gasteiger partial charge in [0.1, 0.15) is 0 Å². The third-order valence-corrected chi connectivity index (χ3v) is 4.24. The molecule has 24 heavy (non-hydrogen) atoms. The number of hydrogen-bond acceptors (Lipinski definition) is 2. The van der Waals surface area contributed by atoms with Gasteiger partial charge >= 0.3 is 5.97 Å². The molecule has 2 aromatic rings. The Balaban J connectivity index is 1.99. The number of aryl methyl sites for hydroxylation is 1. The molecule has 126 valence electrons. The molecule has 0 aromatic heterocycles. The Kier molecular flexibility index (Phi) is 5.74. The highest BCUT2D eigenvalue weighted by Gasteiger charge is 2.17. The maximum Gasteiger partial charge on any atom is 0.335 e. The molecule has 0 aliphatic rings. The van der Waals surface area contributed by atoms with Crippen LogP contribution in [0.5, 0.6) is 0 Å². The molecule has 1 N–H and O–H groups in total. The van der Waals surface area contributed by atoms with Crippen molar-refractivity contribution in [3.05, 3.63) is 70.8 Å². The van der Waals surface area contributed by atoms with E-state index >= 15 is 0 Å². The van der Waals surface area contributed by atoms with Crippen LogP contribution >= 0.6 is 0 Å². The molecular weight excluding hydrogens is 302 g/mol. The van der Waals surface area contributed by atoms with Crippen molar-refractivity contribution in [1.82, 2.24) is 4.90 Å². The summed E-state index contributed by atoms with van der Waals surface area (Å²) in [5, 5.41) is 9.03. The summed E-state index contributed by atoms with van der Waals surface area (Å²) < 4.78 is 0. The zero-order valence-electron chi connectivity index (χ0n) is 14.3. The molecule has 2 aromatic carbocycles. The van der Waals surface area contributed by atoms with Crippen LogP contribution < -0.4 is 0 Å². The van der Waals surface area contributed by atoms with E-state index in [9.17, 15) is 9.59 Å². The van der Waals surface area contributed by atoms with E-state index in [-0.39, 0.29) is 23.9 Å². The van der Waals surface area contributed by atoms with Gasteiger partial charge in [-0.15, -0.1) is 0 Å². The van der Waals surface area contributed by atoms with Crippen molar-refractivity contribution in [1.29, 1.82) is 0 Å². The molecule has 0 heterocycles. The van der Waals surface area contributed by atoms with Crippen molar-refractivity contribution in [3.63, 3.8) is 0 Å². The second-order valence-electron chi connectivity index (χ2n) is 6.23. The van der Waals surface area contributed by atoms with E-state index in [0.29, 0.717) is 5.56 Å². The Bertz CT molecular complexity index is 722. The van der Waals surface area contributed by atoms with Gasteiger partial charge in [-0.05, 0) is 43.5 Å². The first-order valence-corrected chi connectivity index (χ1v) is 8.00. The second kappa shape index (κ2) is 7.77. The molecule has 0 bridgehead atoms. The van der Waals surface area contributed by atoms with Crippen LogP contribution in [0.3, 0.4) is 0 Å². The van der Waals surface area contributed by atoms with Gasteiger partial charge in [-0.1, -0.05) is 42.0 Å². The van der Waals surface area contributed by atoms with Gasteiger partial charge in [0.05, 0.1) is 12.0 Å². The molecule has 0 aliphatic carbocycles. The summed E-state index contributed by atoms with van der Waals surface area (Å²) in [6.45, 7) is 4.07. The van der Waals surface area contributed by atoms with Crippen molar-refractivity contribution in [2.45, 2.75) is 32.7 Å². The zero-order chi connectivity index (χ0) is 17.7. The molecule has 1 unspecified atom stereocenters. The highest BCUT2D eigenvalue weighted by Crippen LogP contribution is 2.12. The van der Waals surface area contributed by atoms with E-state index < -0.39 is 5.97 Å². The SMILES string of the molecule is Cc1ccc(CC(C)N(C)C(=O)Cc2cccc(C(=O)O)c2)cc1. The Morgan fingerprint density at radius 1 is 1.08 bits per heavy atom. The van der Waals surface area contributed by atoms with Crippen LogP contribution in [0.4, 0.5) is 0 Å². The molecule has 2 rings (SSSR count). The molecule has 0 aliphatic heterocycles. The third-order valence-electron chi connectivity index (χ3n) is 4.24. The monoisotopic (exact) mass is 325 g/mol. The fourth-order valence-electron chi connectivity index (χ4n) is 2.56. The highest BCUT2D eigenvalue weighted by atomic mass is 16.4. The minimum absolute atomic E-state index is 0.0165. The minimum Gasteiger partial charge on any atom is -0.478 e. The first-order valence-electron chi connectivity index (χ1n) is 8.00. The van der Waals surface area contributed by atoms with E-state index in [1.807, 2.05) is 13.8 Å². The van der Waals surface area contributed by atoms with Crippen LogP contribution in [0.2, 0.25) is 0 Å². The van der Waals surface area contributed by atoms with E-state index in [1.54, 1.807) is 30.1 Å². The lowest BCUT2D eigenvalue weighted by atomic mass is 10.0. The Morgan fingerprint density at radius 3 is 2.38 bits per heavy atom. The average molecular weight is 325 g/mol. The molecule has 0 spiro atoms. The van der Waals surface area contributed by atoms with Gasteiger partial charge in [-0.25, -0.2) is 4.79 Å². The zero-order valence-corrected chi connectivity index (χ0v) is 14.3. The van der Waals surface area contributed by atoms with Crippen LogP contribution in [-0.4, -0.2) is 35.0 Å². The Morgan fingerprint density at radius 2 is 1.75 bits per heavy atom. The minimum atomic E-state index is -0.981. The van der Waals surface area contributed by atoms with Gasteiger partial charge in [-0.3, -0.25) is 4.79 Å². The van der Waals surface area contributed by atoms with Crippen LogP contribution in [0.25, 0.3) is 0 Å². The number of likely N-dealkylation sites (N-methyl/N-ethyl adjacent to an activating group) is 1. The number of carboxylic acid groups (broad SMARTS) is 1. The average Bonchev–Trinajstić information content (AvgIpc) is 2.56. The number of rotatable bonds is 6. The molecule has 1 amide bonds. The Labute approximate surface area is 142 Å². The number of aromatic carboxylic acids is 1. The number of carbonyl (C=O) groups excluding carboxylic acids is 1. The smallest absolute Gasteiger partial charge is 0.335 e. The lowest BCUT2D eigenvalue weighted by molar-refractivity contribution is -0.130. The summed E-state index contributed by atoms with van der Waals surface area (Å²) in [7, 11) is 1.79. The number of carbonyl (C=O) groups is 2. The quantitative estimate of drug-likeness (QED) is 0.886. The van der Waals surface area contributed by atoms with Gasteiger partial charge < -0.3 is 10.0 Å². The maximum absolute atomic E-state index is 12.5. The van der Waals surface area contributed by atoms with Gasteiger partial charge in [0.2, 0.25) is 5.91 Å². The van der Waals surface area contributed by atoms with Crippen LogP contribution in [-0.2, 0) is 17.6 Å². The summed E-state index contributed by atoms with van der Waals surface area (Å²) in [5.41, 5.74) is 3.33. The van der Waals surface area contributed by atoms with Gasteiger partial charge in [0.25, 0.3) is 0 Å². The van der Waals surface area contributed by atoms with E-state index in [1.165, 1.54) is 17.2 Å². The molecule has 1 atom stereocenters. The number of carboxylic acids is 1. The summed E-state index contributed by atoms with van der Waals surface area (Å²) in [5.74, 6) is -0.998. The van der Waals surface area contributed by atoms with Crippen molar-refractivity contribution in [3.8, 4) is 0 Å². The van der Waals surface area contributed by atoms with Crippen molar-refractivity contribution < 1.29 is 14.7 Å². The maximum atomic E-state index is 12.5. The predicted octanol–water partition coefficient (Wildman–Crippen LogP) is 3.33. The molecule has 0 fully saturated rings. The summed E-state index contributed by atoms with van der Waals surface area (Å²) in [4.78, 5) is 25.2. The van der Waals surface area contributed by atoms with Gasteiger partial charge in [-0.2, -0.15) is 0 Å². The Hall–Kier alpha value is -2.62. The van der Waals surface area contributed by atoms with Crippen LogP contribution in [0.15, 0.2) is 48.5 Å². The molecule has 0 saturated heterocycles. The standard InChI is InChI=1S/C20H23NO3/c1-14-7-9-16(10-8-14)11-15(2)21(3)19(22)13-17-5-4-6-18(12-17)20(23)24/h4-10,12,15H,11,13H2,1-3H3,(H,23,24). The van der Waals surface area contributed by atoms with Gasteiger partial charge in [0, 0.05) is 13.1 Å². The fraction of sp³-hybridized carbons (Fsp3) is 0.300. The van der Waals surface area contributed by atoms with Gasteiger partial charge in [0.15, 0.2) is 0 Å². The van der Waals surface area contributed by atoms with Crippen molar-refractivity contribution in [2.24, 2.45) is 0 Å². The lowest BCUT2D eigenvalue weighted by Gasteiger charge is -2.25. The van der Waals surface area contributed by atoms with E-state index in [2.05, 4.69) is 24.3 Å². The molecular formula is C20H23NO3. The number of benzene rings is 2. The predicted molar refractivity (Wildman–Crippen MR) is 94.2 cm³/mol. The second-order valence-corrected chi connectivity index (χ2v) is 6.23. The summed E-state index contributed by atoms with van der Waals surface area (Å²) in [6.07, 6.45) is 0.994. The van der Waals surface area contributed by atoms with Crippen LogP contribution in [0, 0.1) is 6.92 Å². The topological polar surface area (TPSA) is 57.6 Å². The molecule has 4 heteroatoms. The first-order chi connectivity index (χ1) is 11.4. The normalized spacial score (nSPS) is 11.8. The fourth-order valence-corrected chi connectivity index (χ4v) is 2.56. The summed E-state index contributed by atoms with van der Waals surface area (Å²) >= 11 is 0. The van der Waals surface area contributed by atoms with E-state index in [0.717, 1.165) is 6.42 Å². The van der Waals surface area contributed by atoms with E-state index in [4.69, 9.17) is 5.11 Å². The molecule has 0 saturated carbocycles. The third kappa shape index (κ3) is 4.69. The summed E-state index contributed by atoms with van der Waals surface area (Å²) in [6, 6.07) is 14.9.